The molecule has 1 unspecified atom stereocenters. The highest BCUT2D eigenvalue weighted by Crippen LogP contribution is 2.16. The Kier molecular flexibility index (Phi) is 7.82. The molecule has 2 amide bonds. The topological polar surface area (TPSA) is 135 Å². The zero-order valence-corrected chi connectivity index (χ0v) is 17.0. The monoisotopic (exact) mass is 431 g/mol. The maximum Gasteiger partial charge on any atom is 0.269 e. The number of carbonyl (C=O) groups excluding carboxylic acids is 2. The lowest BCUT2D eigenvalue weighted by Crippen LogP contribution is -2.45. The highest BCUT2D eigenvalue weighted by Gasteiger charge is 2.18. The lowest BCUT2D eigenvalue weighted by Gasteiger charge is -2.13. The van der Waals surface area contributed by atoms with Gasteiger partial charge in [0, 0.05) is 24.8 Å². The van der Waals surface area contributed by atoms with Crippen LogP contribution >= 0.6 is 0 Å². The fourth-order valence-electron chi connectivity index (χ4n) is 2.42. The smallest absolute Gasteiger partial charge is 0.269 e. The molecule has 0 saturated heterocycles. The molecule has 2 aromatic carbocycles. The summed E-state index contributed by atoms with van der Waals surface area (Å²) in [6.07, 6.45) is 2.91. The summed E-state index contributed by atoms with van der Waals surface area (Å²) in [5.74, 6) is -1.37. The van der Waals surface area contributed by atoms with Crippen LogP contribution in [0.3, 0.4) is 0 Å². The van der Waals surface area contributed by atoms with Crippen LogP contribution in [0.1, 0.15) is 12.5 Å². The van der Waals surface area contributed by atoms with Gasteiger partial charge < -0.3 is 10.6 Å². The van der Waals surface area contributed by atoms with Crippen molar-refractivity contribution in [2.75, 3.05) is 12.3 Å². The third-order valence-corrected chi connectivity index (χ3v) is 5.79. The van der Waals surface area contributed by atoms with E-state index in [-0.39, 0.29) is 22.9 Å². The van der Waals surface area contributed by atoms with E-state index in [0.29, 0.717) is 0 Å². The van der Waals surface area contributed by atoms with Crippen molar-refractivity contribution in [3.8, 4) is 0 Å². The molecule has 0 radical (unpaired) electrons. The zero-order valence-electron chi connectivity index (χ0n) is 16.1. The number of hydrogen-bond donors (Lipinski definition) is 2. The summed E-state index contributed by atoms with van der Waals surface area (Å²) in [6.45, 7) is 1.31. The van der Waals surface area contributed by atoms with Crippen molar-refractivity contribution in [3.05, 3.63) is 76.4 Å². The van der Waals surface area contributed by atoms with E-state index in [1.807, 2.05) is 30.3 Å². The van der Waals surface area contributed by atoms with Crippen molar-refractivity contribution in [3.63, 3.8) is 0 Å². The molecule has 0 aliphatic heterocycles. The van der Waals surface area contributed by atoms with E-state index in [2.05, 4.69) is 10.6 Å². The van der Waals surface area contributed by atoms with Crippen LogP contribution < -0.4 is 10.6 Å². The molecule has 0 aliphatic carbocycles. The second kappa shape index (κ2) is 10.3. The molecule has 10 heteroatoms. The van der Waals surface area contributed by atoms with Crippen molar-refractivity contribution in [2.45, 2.75) is 17.9 Å². The molecular formula is C20H21N3O6S. The van der Waals surface area contributed by atoms with Gasteiger partial charge in [-0.1, -0.05) is 30.3 Å². The molecule has 30 heavy (non-hydrogen) atoms. The minimum Gasteiger partial charge on any atom is -0.353 e. The number of benzene rings is 2. The van der Waals surface area contributed by atoms with Crippen LogP contribution in [0.4, 0.5) is 5.69 Å². The van der Waals surface area contributed by atoms with Crippen LogP contribution in [-0.2, 0) is 19.4 Å². The number of nitrogens with one attached hydrogen (secondary N) is 2. The molecule has 0 heterocycles. The molecule has 9 nitrogen and oxygen atoms in total. The Hall–Kier alpha value is -3.53. The van der Waals surface area contributed by atoms with Gasteiger partial charge >= 0.3 is 0 Å². The van der Waals surface area contributed by atoms with Gasteiger partial charge in [0.1, 0.15) is 6.04 Å². The second-order valence-electron chi connectivity index (χ2n) is 6.34. The summed E-state index contributed by atoms with van der Waals surface area (Å²) in [5.41, 5.74) is 0.620. The summed E-state index contributed by atoms with van der Waals surface area (Å²) in [6, 6.07) is 12.8. The van der Waals surface area contributed by atoms with Crippen molar-refractivity contribution >= 4 is 33.4 Å². The molecule has 0 saturated carbocycles. The predicted octanol–water partition coefficient (Wildman–Crippen LogP) is 1.70. The van der Waals surface area contributed by atoms with Gasteiger partial charge in [-0.2, -0.15) is 0 Å². The van der Waals surface area contributed by atoms with E-state index in [9.17, 15) is 28.1 Å². The maximum absolute atomic E-state index is 12.3. The normalized spacial score (nSPS) is 12.3. The fourth-order valence-corrected chi connectivity index (χ4v) is 3.58. The predicted molar refractivity (Wildman–Crippen MR) is 111 cm³/mol. The van der Waals surface area contributed by atoms with Gasteiger partial charge in [0.2, 0.25) is 11.8 Å². The zero-order chi connectivity index (χ0) is 22.1. The van der Waals surface area contributed by atoms with Gasteiger partial charge in [-0.3, -0.25) is 19.7 Å². The number of nitro groups is 1. The molecule has 2 aromatic rings. The number of amides is 2. The van der Waals surface area contributed by atoms with Crippen LogP contribution in [0.5, 0.6) is 0 Å². The Bertz CT molecular complexity index is 1030. The average Bonchev–Trinajstić information content (AvgIpc) is 2.72. The van der Waals surface area contributed by atoms with Crippen LogP contribution in [0.2, 0.25) is 0 Å². The number of hydrogen-bond acceptors (Lipinski definition) is 6. The number of non-ortho nitro benzene ring substituents is 1. The van der Waals surface area contributed by atoms with Gasteiger partial charge in [0.25, 0.3) is 5.69 Å². The summed E-state index contributed by atoms with van der Waals surface area (Å²) in [5, 5.41) is 15.6. The Morgan fingerprint density at radius 2 is 1.73 bits per heavy atom. The van der Waals surface area contributed by atoms with Crippen molar-refractivity contribution in [2.24, 2.45) is 0 Å². The Balaban J connectivity index is 1.82. The second-order valence-corrected chi connectivity index (χ2v) is 8.44. The van der Waals surface area contributed by atoms with Gasteiger partial charge in [-0.15, -0.1) is 0 Å². The van der Waals surface area contributed by atoms with Crippen LogP contribution in [0, 0.1) is 10.1 Å². The van der Waals surface area contributed by atoms with Gasteiger partial charge in [-0.25, -0.2) is 8.42 Å². The van der Waals surface area contributed by atoms with Gasteiger partial charge in [0.05, 0.1) is 15.6 Å². The first kappa shape index (κ1) is 22.8. The van der Waals surface area contributed by atoms with Crippen LogP contribution in [0.25, 0.3) is 6.08 Å². The van der Waals surface area contributed by atoms with E-state index in [0.717, 1.165) is 29.8 Å². The van der Waals surface area contributed by atoms with E-state index in [1.54, 1.807) is 6.08 Å². The highest BCUT2D eigenvalue weighted by atomic mass is 32.2. The molecule has 0 aliphatic rings. The molecule has 2 rings (SSSR count). The first-order valence-electron chi connectivity index (χ1n) is 8.97. The van der Waals surface area contributed by atoms with Crippen molar-refractivity contribution in [1.29, 1.82) is 0 Å². The minimum atomic E-state index is -3.72. The molecule has 0 bridgehead atoms. The molecular weight excluding hydrogens is 410 g/mol. The molecule has 0 spiro atoms. The van der Waals surface area contributed by atoms with E-state index in [1.165, 1.54) is 13.0 Å². The quantitative estimate of drug-likeness (QED) is 0.352. The molecule has 0 fully saturated rings. The highest BCUT2D eigenvalue weighted by molar-refractivity contribution is 7.91. The summed E-state index contributed by atoms with van der Waals surface area (Å²) >= 11 is 0. The number of nitro benzene ring substituents is 1. The fraction of sp³-hybridized carbons (Fsp3) is 0.200. The number of rotatable bonds is 9. The Morgan fingerprint density at radius 3 is 2.33 bits per heavy atom. The van der Waals surface area contributed by atoms with Gasteiger partial charge in [0.15, 0.2) is 9.84 Å². The van der Waals surface area contributed by atoms with Crippen LogP contribution in [0.15, 0.2) is 65.6 Å². The maximum atomic E-state index is 12.3. The van der Waals surface area contributed by atoms with Crippen molar-refractivity contribution in [1.82, 2.24) is 10.6 Å². The largest absolute Gasteiger partial charge is 0.353 e. The van der Waals surface area contributed by atoms with Gasteiger partial charge in [-0.05, 0) is 30.7 Å². The molecule has 2 N–H and O–H groups in total. The SMILES string of the molecule is CC(NC(=O)C=Cc1ccccc1)C(=O)NCCS(=O)(=O)c1ccc([N+](=O)[O-])cc1. The molecule has 0 aromatic heterocycles. The lowest BCUT2D eigenvalue weighted by atomic mass is 10.2. The van der Waals surface area contributed by atoms with Crippen LogP contribution in [-0.4, -0.2) is 43.5 Å². The molecule has 158 valence electrons. The van der Waals surface area contributed by atoms with E-state index in [4.69, 9.17) is 0 Å². The Labute approximate surface area is 173 Å². The minimum absolute atomic E-state index is 0.0743. The standard InChI is InChI=1S/C20H21N3O6S/c1-15(22-19(24)12-7-16-5-3-2-4-6-16)20(25)21-13-14-30(28,29)18-10-8-17(9-11-18)23(26)27/h2-12,15H,13-14H2,1H3,(H,21,25)(H,22,24). The average molecular weight is 431 g/mol. The lowest BCUT2D eigenvalue weighted by molar-refractivity contribution is -0.384. The summed E-state index contributed by atoms with van der Waals surface area (Å²) in [7, 11) is -3.72. The number of sulfone groups is 1. The van der Waals surface area contributed by atoms with E-state index < -0.39 is 32.6 Å². The third-order valence-electron chi connectivity index (χ3n) is 4.06. The molecule has 1 atom stereocenters. The van der Waals surface area contributed by atoms with E-state index >= 15 is 0 Å². The summed E-state index contributed by atoms with van der Waals surface area (Å²) < 4.78 is 24.5. The third kappa shape index (κ3) is 6.82. The summed E-state index contributed by atoms with van der Waals surface area (Å²) in [4.78, 5) is 33.9. The first-order valence-corrected chi connectivity index (χ1v) is 10.6. The van der Waals surface area contributed by atoms with Crippen molar-refractivity contribution < 1.29 is 22.9 Å². The number of carbonyl (C=O) groups is 2. The Morgan fingerprint density at radius 1 is 1.10 bits per heavy atom. The number of nitrogens with zero attached hydrogens (tertiary/aromatic N) is 1. The first-order chi connectivity index (χ1) is 14.2.